The van der Waals surface area contributed by atoms with Crippen LogP contribution in [-0.4, -0.2) is 5.71 Å². The Morgan fingerprint density at radius 1 is 1.44 bits per heavy atom. The minimum Gasteiger partial charge on any atom is -0.305 e. The van der Waals surface area contributed by atoms with Crippen molar-refractivity contribution in [2.75, 3.05) is 0 Å². The van der Waals surface area contributed by atoms with Gasteiger partial charge in [0, 0.05) is 5.71 Å². The van der Waals surface area contributed by atoms with Gasteiger partial charge < -0.3 is 5.41 Å². The van der Waals surface area contributed by atoms with Gasteiger partial charge in [-0.05, 0) is 24.8 Å². The fraction of sp³-hybridized carbons (Fsp3) is 0.375. The molecule has 1 aliphatic rings. The van der Waals surface area contributed by atoms with E-state index in [0.717, 1.165) is 25.0 Å². The lowest BCUT2D eigenvalue weighted by Crippen LogP contribution is -1.87. The molecule has 1 nitrogen and oxygen atoms in total. The number of nitrogens with one attached hydrogen (secondary N) is 1. The first-order valence-corrected chi connectivity index (χ1v) is 3.24. The summed E-state index contributed by atoms with van der Waals surface area (Å²) < 4.78 is 0. The fourth-order valence-electron chi connectivity index (χ4n) is 1.09. The van der Waals surface area contributed by atoms with Crippen LogP contribution in [0.5, 0.6) is 0 Å². The molecule has 1 saturated carbocycles. The van der Waals surface area contributed by atoms with Gasteiger partial charge in [-0.15, -0.1) is 0 Å². The Morgan fingerprint density at radius 3 is 2.67 bits per heavy atom. The van der Waals surface area contributed by atoms with E-state index in [0.29, 0.717) is 0 Å². The van der Waals surface area contributed by atoms with E-state index in [1.165, 1.54) is 5.57 Å². The second kappa shape index (κ2) is 2.62. The molecule has 0 spiro atoms. The van der Waals surface area contributed by atoms with Gasteiger partial charge in [0.15, 0.2) is 0 Å². The van der Waals surface area contributed by atoms with E-state index in [1.807, 2.05) is 6.08 Å². The Balaban J connectivity index is 2.69. The molecule has 0 radical (unpaired) electrons. The van der Waals surface area contributed by atoms with Crippen molar-refractivity contribution in [3.05, 3.63) is 24.3 Å². The van der Waals surface area contributed by atoms with Crippen LogP contribution in [0.15, 0.2) is 24.3 Å². The third-order valence-electron chi connectivity index (χ3n) is 1.58. The normalized spacial score (nSPS) is 23.1. The summed E-state index contributed by atoms with van der Waals surface area (Å²) in [5.74, 6) is 0. The highest BCUT2D eigenvalue weighted by molar-refractivity contribution is 5.99. The number of rotatable bonds is 1. The highest BCUT2D eigenvalue weighted by Crippen LogP contribution is 2.19. The molecule has 0 unspecified atom stereocenters. The average Bonchev–Trinajstić information content (AvgIpc) is 2.18. The molecule has 0 aromatic carbocycles. The summed E-state index contributed by atoms with van der Waals surface area (Å²) in [7, 11) is 0. The highest BCUT2D eigenvalue weighted by Gasteiger charge is 2.11. The lowest BCUT2D eigenvalue weighted by molar-refractivity contribution is 0.946. The second-order valence-corrected chi connectivity index (χ2v) is 2.26. The molecule has 0 bridgehead atoms. The van der Waals surface area contributed by atoms with Gasteiger partial charge >= 0.3 is 0 Å². The summed E-state index contributed by atoms with van der Waals surface area (Å²) >= 11 is 0. The molecule has 1 heteroatoms. The van der Waals surface area contributed by atoms with Gasteiger partial charge in [-0.1, -0.05) is 18.7 Å². The zero-order valence-corrected chi connectivity index (χ0v) is 5.48. The van der Waals surface area contributed by atoms with Crippen molar-refractivity contribution < 1.29 is 0 Å². The third-order valence-corrected chi connectivity index (χ3v) is 1.58. The lowest BCUT2D eigenvalue weighted by atomic mass is 10.2. The smallest absolute Gasteiger partial charge is 0.0345 e. The summed E-state index contributed by atoms with van der Waals surface area (Å²) in [6.07, 6.45) is 6.88. The number of hydrogen-bond donors (Lipinski definition) is 1. The Hall–Kier alpha value is -0.850. The first-order chi connectivity index (χ1) is 4.34. The minimum absolute atomic E-state index is 0.801. The standard InChI is InChI=1S/C8H11N/c1-2-4-7-5-3-6-8(7)9/h2,4,9H,1,3,5-6H2/b7-4-,9-8?. The zero-order valence-electron chi connectivity index (χ0n) is 5.48. The molecule has 0 heterocycles. The van der Waals surface area contributed by atoms with Gasteiger partial charge in [0.25, 0.3) is 0 Å². The van der Waals surface area contributed by atoms with Crippen LogP contribution in [-0.2, 0) is 0 Å². The predicted octanol–water partition coefficient (Wildman–Crippen LogP) is 2.30. The van der Waals surface area contributed by atoms with E-state index < -0.39 is 0 Å². The van der Waals surface area contributed by atoms with Crippen molar-refractivity contribution in [2.24, 2.45) is 0 Å². The molecule has 1 fully saturated rings. The highest BCUT2D eigenvalue weighted by atomic mass is 14.4. The monoisotopic (exact) mass is 121 g/mol. The quantitative estimate of drug-likeness (QED) is 0.550. The molecular formula is C8H11N. The summed E-state index contributed by atoms with van der Waals surface area (Å²) in [6, 6.07) is 0. The van der Waals surface area contributed by atoms with Gasteiger partial charge in [0.1, 0.15) is 0 Å². The summed E-state index contributed by atoms with van der Waals surface area (Å²) in [5, 5.41) is 7.39. The van der Waals surface area contributed by atoms with E-state index in [1.54, 1.807) is 6.08 Å². The van der Waals surface area contributed by atoms with Crippen molar-refractivity contribution in [3.63, 3.8) is 0 Å². The molecule has 0 amide bonds. The first-order valence-electron chi connectivity index (χ1n) is 3.24. The maximum Gasteiger partial charge on any atom is 0.0345 e. The predicted molar refractivity (Wildman–Crippen MR) is 39.9 cm³/mol. The van der Waals surface area contributed by atoms with Gasteiger partial charge in [0.05, 0.1) is 0 Å². The average molecular weight is 121 g/mol. The third kappa shape index (κ3) is 1.28. The van der Waals surface area contributed by atoms with Crippen LogP contribution in [0.4, 0.5) is 0 Å². The summed E-state index contributed by atoms with van der Waals surface area (Å²) in [6.45, 7) is 3.59. The Kier molecular flexibility index (Phi) is 1.83. The van der Waals surface area contributed by atoms with Crippen LogP contribution < -0.4 is 0 Å². The van der Waals surface area contributed by atoms with Crippen LogP contribution in [0, 0.1) is 5.41 Å². The number of hydrogen-bond acceptors (Lipinski definition) is 1. The van der Waals surface area contributed by atoms with Crippen LogP contribution in [0.1, 0.15) is 19.3 Å². The maximum atomic E-state index is 7.39. The molecular weight excluding hydrogens is 110 g/mol. The van der Waals surface area contributed by atoms with Crippen LogP contribution in [0.25, 0.3) is 0 Å². The van der Waals surface area contributed by atoms with Crippen molar-refractivity contribution >= 4 is 5.71 Å². The summed E-state index contributed by atoms with van der Waals surface area (Å²) in [5.41, 5.74) is 1.97. The van der Waals surface area contributed by atoms with Crippen LogP contribution >= 0.6 is 0 Å². The molecule has 1 rings (SSSR count). The maximum absolute atomic E-state index is 7.39. The Morgan fingerprint density at radius 2 is 2.22 bits per heavy atom. The molecule has 0 saturated heterocycles. The molecule has 1 N–H and O–H groups in total. The molecule has 9 heavy (non-hydrogen) atoms. The van der Waals surface area contributed by atoms with E-state index in [4.69, 9.17) is 5.41 Å². The van der Waals surface area contributed by atoms with E-state index in [9.17, 15) is 0 Å². The van der Waals surface area contributed by atoms with Crippen LogP contribution in [0.2, 0.25) is 0 Å². The molecule has 0 aromatic rings. The van der Waals surface area contributed by atoms with E-state index >= 15 is 0 Å². The fourth-order valence-corrected chi connectivity index (χ4v) is 1.09. The van der Waals surface area contributed by atoms with Crippen molar-refractivity contribution in [1.29, 1.82) is 5.41 Å². The van der Waals surface area contributed by atoms with Gasteiger partial charge in [-0.25, -0.2) is 0 Å². The summed E-state index contributed by atoms with van der Waals surface area (Å²) in [4.78, 5) is 0. The van der Waals surface area contributed by atoms with Crippen molar-refractivity contribution in [3.8, 4) is 0 Å². The molecule has 0 atom stereocenters. The molecule has 1 aliphatic carbocycles. The van der Waals surface area contributed by atoms with Crippen LogP contribution in [0.3, 0.4) is 0 Å². The SMILES string of the molecule is C=C/C=C1/CCCC1=N. The van der Waals surface area contributed by atoms with Gasteiger partial charge in [-0.3, -0.25) is 0 Å². The second-order valence-electron chi connectivity index (χ2n) is 2.26. The Labute approximate surface area is 55.6 Å². The van der Waals surface area contributed by atoms with Gasteiger partial charge in [-0.2, -0.15) is 0 Å². The topological polar surface area (TPSA) is 23.9 Å². The first kappa shape index (κ1) is 6.27. The van der Waals surface area contributed by atoms with Crippen molar-refractivity contribution in [1.82, 2.24) is 0 Å². The number of allylic oxidation sites excluding steroid dienone is 3. The van der Waals surface area contributed by atoms with Gasteiger partial charge in [0.2, 0.25) is 0 Å². The molecule has 0 aliphatic heterocycles. The van der Waals surface area contributed by atoms with E-state index in [2.05, 4.69) is 6.58 Å². The lowest BCUT2D eigenvalue weighted by Gasteiger charge is -1.90. The molecule has 0 aromatic heterocycles. The van der Waals surface area contributed by atoms with E-state index in [-0.39, 0.29) is 0 Å². The minimum atomic E-state index is 0.801. The largest absolute Gasteiger partial charge is 0.305 e. The molecule has 48 valence electrons. The zero-order chi connectivity index (χ0) is 6.69. The van der Waals surface area contributed by atoms with Crippen molar-refractivity contribution in [2.45, 2.75) is 19.3 Å². The Bertz CT molecular complexity index is 165.